The van der Waals surface area contributed by atoms with Crippen LogP contribution in [0.1, 0.15) is 48.7 Å². The Morgan fingerprint density at radius 1 is 1.40 bits per heavy atom. The zero-order chi connectivity index (χ0) is 14.9. The van der Waals surface area contributed by atoms with Crippen LogP contribution in [0, 0.1) is 0 Å². The lowest BCUT2D eigenvalue weighted by atomic mass is 10.1. The van der Waals surface area contributed by atoms with Gasteiger partial charge in [0.05, 0.1) is 0 Å². The molecule has 1 fully saturated rings. The van der Waals surface area contributed by atoms with Gasteiger partial charge in [0.25, 0.3) is 5.91 Å². The van der Waals surface area contributed by atoms with Crippen LogP contribution in [0.5, 0.6) is 0 Å². The van der Waals surface area contributed by atoms with Gasteiger partial charge in [-0.1, -0.05) is 13.8 Å². The average molecular weight is 278 g/mol. The number of carboxylic acid groups (broad SMARTS) is 1. The summed E-state index contributed by atoms with van der Waals surface area (Å²) in [6.45, 7) is 4.24. The first-order valence-electron chi connectivity index (χ1n) is 6.68. The third-order valence-electron chi connectivity index (χ3n) is 3.53. The topological polar surface area (TPSA) is 90.5 Å². The van der Waals surface area contributed by atoms with E-state index in [1.807, 2.05) is 13.8 Å². The van der Waals surface area contributed by atoms with Crippen molar-refractivity contribution in [3.8, 4) is 0 Å². The van der Waals surface area contributed by atoms with Crippen molar-refractivity contribution in [2.24, 2.45) is 0 Å². The molecular weight excluding hydrogens is 260 g/mol. The lowest BCUT2D eigenvalue weighted by Gasteiger charge is -2.21. The monoisotopic (exact) mass is 278 g/mol. The molecule has 0 spiro atoms. The van der Waals surface area contributed by atoms with E-state index in [1.54, 1.807) is 6.07 Å². The largest absolute Gasteiger partial charge is 0.480 e. The van der Waals surface area contributed by atoms with Gasteiger partial charge >= 0.3 is 5.97 Å². The summed E-state index contributed by atoms with van der Waals surface area (Å²) in [5.74, 6) is -1.29. The van der Waals surface area contributed by atoms with Gasteiger partial charge in [-0.3, -0.25) is 9.59 Å². The third kappa shape index (κ3) is 2.74. The predicted octanol–water partition coefficient (Wildman–Crippen LogP) is 1.19. The summed E-state index contributed by atoms with van der Waals surface area (Å²) in [5, 5.41) is 9.12. The van der Waals surface area contributed by atoms with E-state index in [0.717, 1.165) is 0 Å². The van der Waals surface area contributed by atoms with Crippen LogP contribution >= 0.6 is 0 Å². The van der Waals surface area contributed by atoms with Crippen LogP contribution in [-0.4, -0.2) is 39.5 Å². The number of pyridine rings is 1. The molecule has 20 heavy (non-hydrogen) atoms. The zero-order valence-corrected chi connectivity index (χ0v) is 11.5. The summed E-state index contributed by atoms with van der Waals surface area (Å²) in [6.07, 6.45) is 1.13. The van der Waals surface area contributed by atoms with E-state index in [2.05, 4.69) is 4.98 Å². The fraction of sp³-hybridized carbons (Fsp3) is 0.500. The number of amides is 1. The maximum absolute atomic E-state index is 12.4. The number of nitrogens with one attached hydrogen (secondary N) is 1. The summed E-state index contributed by atoms with van der Waals surface area (Å²) in [4.78, 5) is 39.2. The highest BCUT2D eigenvalue weighted by Crippen LogP contribution is 2.21. The zero-order valence-electron chi connectivity index (χ0n) is 11.5. The number of nitrogens with zero attached hydrogens (tertiary/aromatic N) is 1. The van der Waals surface area contributed by atoms with E-state index in [1.165, 1.54) is 11.0 Å². The van der Waals surface area contributed by atoms with Gasteiger partial charge in [-0.05, 0) is 24.8 Å². The maximum Gasteiger partial charge on any atom is 0.326 e. The highest BCUT2D eigenvalue weighted by molar-refractivity contribution is 5.97. The van der Waals surface area contributed by atoms with E-state index in [9.17, 15) is 14.4 Å². The first-order chi connectivity index (χ1) is 9.40. The molecular formula is C14H18N2O4. The molecule has 0 saturated carbocycles. The highest BCUT2D eigenvalue weighted by Gasteiger charge is 2.34. The SMILES string of the molecule is CC(C)c1cc(C(=O)N2CCCC2C(=O)O)cc(=O)[nH]1. The summed E-state index contributed by atoms with van der Waals surface area (Å²) in [5.41, 5.74) is 0.586. The van der Waals surface area contributed by atoms with Crippen molar-refractivity contribution >= 4 is 11.9 Å². The number of rotatable bonds is 3. The molecule has 1 saturated heterocycles. The number of hydrogen-bond acceptors (Lipinski definition) is 3. The molecule has 1 atom stereocenters. The normalized spacial score (nSPS) is 18.6. The van der Waals surface area contributed by atoms with Crippen molar-refractivity contribution < 1.29 is 14.7 Å². The molecule has 2 N–H and O–H groups in total. The fourth-order valence-corrected chi connectivity index (χ4v) is 2.43. The second-order valence-corrected chi connectivity index (χ2v) is 5.34. The molecule has 1 aliphatic heterocycles. The first kappa shape index (κ1) is 14.3. The Balaban J connectivity index is 2.34. The van der Waals surface area contributed by atoms with Crippen molar-refractivity contribution in [1.29, 1.82) is 0 Å². The minimum atomic E-state index is -0.996. The van der Waals surface area contributed by atoms with Crippen LogP contribution in [0.25, 0.3) is 0 Å². The second kappa shape index (κ2) is 5.48. The lowest BCUT2D eigenvalue weighted by molar-refractivity contribution is -0.141. The number of aromatic amines is 1. The third-order valence-corrected chi connectivity index (χ3v) is 3.53. The van der Waals surface area contributed by atoms with Crippen molar-refractivity contribution in [2.75, 3.05) is 6.54 Å². The second-order valence-electron chi connectivity index (χ2n) is 5.34. The number of aromatic nitrogens is 1. The van der Waals surface area contributed by atoms with Gasteiger partial charge in [-0.2, -0.15) is 0 Å². The van der Waals surface area contributed by atoms with E-state index in [-0.39, 0.29) is 22.9 Å². The van der Waals surface area contributed by atoms with E-state index in [4.69, 9.17) is 5.11 Å². The molecule has 1 amide bonds. The van der Waals surface area contributed by atoms with Crippen LogP contribution in [0.15, 0.2) is 16.9 Å². The number of H-pyrrole nitrogens is 1. The minimum Gasteiger partial charge on any atom is -0.480 e. The minimum absolute atomic E-state index is 0.0873. The summed E-state index contributed by atoms with van der Waals surface area (Å²) in [6, 6.07) is 2.07. The molecule has 108 valence electrons. The molecule has 2 rings (SSSR count). The lowest BCUT2D eigenvalue weighted by Crippen LogP contribution is -2.40. The van der Waals surface area contributed by atoms with Crippen LogP contribution < -0.4 is 5.56 Å². The molecule has 0 aromatic carbocycles. The Morgan fingerprint density at radius 2 is 2.10 bits per heavy atom. The van der Waals surface area contributed by atoms with Crippen molar-refractivity contribution in [1.82, 2.24) is 9.88 Å². The smallest absolute Gasteiger partial charge is 0.326 e. The Kier molecular flexibility index (Phi) is 3.92. The van der Waals surface area contributed by atoms with Crippen LogP contribution in [0.2, 0.25) is 0 Å². The van der Waals surface area contributed by atoms with Gasteiger partial charge < -0.3 is 15.0 Å². The van der Waals surface area contributed by atoms with Crippen LogP contribution in [0.3, 0.4) is 0 Å². The molecule has 1 unspecified atom stereocenters. The molecule has 1 aliphatic rings. The van der Waals surface area contributed by atoms with Gasteiger partial charge in [0, 0.05) is 23.9 Å². The predicted molar refractivity (Wildman–Crippen MR) is 72.8 cm³/mol. The molecule has 6 heteroatoms. The molecule has 2 heterocycles. The number of likely N-dealkylation sites (tertiary alicyclic amines) is 1. The number of carbonyl (C=O) groups is 2. The maximum atomic E-state index is 12.4. The standard InChI is InChI=1S/C14H18N2O4/c1-8(2)10-6-9(7-12(17)15-10)13(18)16-5-3-4-11(16)14(19)20/h6-8,11H,3-5H2,1-2H3,(H,15,17)(H,19,20). The van der Waals surface area contributed by atoms with E-state index < -0.39 is 12.0 Å². The molecule has 1 aromatic rings. The van der Waals surface area contributed by atoms with E-state index >= 15 is 0 Å². The Labute approximate surface area is 116 Å². The van der Waals surface area contributed by atoms with E-state index in [0.29, 0.717) is 25.1 Å². The van der Waals surface area contributed by atoms with Crippen molar-refractivity contribution in [3.63, 3.8) is 0 Å². The Bertz CT molecular complexity index is 591. The summed E-state index contributed by atoms with van der Waals surface area (Å²) in [7, 11) is 0. The van der Waals surface area contributed by atoms with Gasteiger partial charge in [-0.15, -0.1) is 0 Å². The average Bonchev–Trinajstić information content (AvgIpc) is 2.86. The van der Waals surface area contributed by atoms with Gasteiger partial charge in [0.1, 0.15) is 6.04 Å². The fourth-order valence-electron chi connectivity index (χ4n) is 2.43. The van der Waals surface area contributed by atoms with Crippen molar-refractivity contribution in [3.05, 3.63) is 33.7 Å². The molecule has 0 aliphatic carbocycles. The molecule has 0 bridgehead atoms. The van der Waals surface area contributed by atoms with Crippen LogP contribution in [0.4, 0.5) is 0 Å². The van der Waals surface area contributed by atoms with Crippen LogP contribution in [-0.2, 0) is 4.79 Å². The molecule has 6 nitrogen and oxygen atoms in total. The van der Waals surface area contributed by atoms with Gasteiger partial charge in [0.15, 0.2) is 0 Å². The van der Waals surface area contributed by atoms with Gasteiger partial charge in [0.2, 0.25) is 5.56 Å². The number of aliphatic carboxylic acids is 1. The number of carboxylic acids is 1. The summed E-state index contributed by atoms with van der Waals surface area (Å²) < 4.78 is 0. The number of hydrogen-bond donors (Lipinski definition) is 2. The summed E-state index contributed by atoms with van der Waals surface area (Å²) >= 11 is 0. The van der Waals surface area contributed by atoms with Crippen molar-refractivity contribution in [2.45, 2.75) is 38.6 Å². The Hall–Kier alpha value is -2.11. The van der Waals surface area contributed by atoms with Gasteiger partial charge in [-0.25, -0.2) is 4.79 Å². The number of carbonyl (C=O) groups excluding carboxylic acids is 1. The Morgan fingerprint density at radius 3 is 2.70 bits per heavy atom. The molecule has 1 aromatic heterocycles. The highest BCUT2D eigenvalue weighted by atomic mass is 16.4. The first-order valence-corrected chi connectivity index (χ1v) is 6.68. The molecule has 0 radical (unpaired) electrons. The quantitative estimate of drug-likeness (QED) is 0.868.